The summed E-state index contributed by atoms with van der Waals surface area (Å²) in [7, 11) is 0. The number of carbonyl (C=O) groups excluding carboxylic acids is 1. The zero-order valence-electron chi connectivity index (χ0n) is 6.73. The van der Waals surface area contributed by atoms with Crippen molar-refractivity contribution in [2.45, 2.75) is 6.42 Å². The molecule has 0 saturated heterocycles. The fourth-order valence-electron chi connectivity index (χ4n) is 1.45. The number of carbonyl (C=O) groups is 1. The van der Waals surface area contributed by atoms with Crippen molar-refractivity contribution in [1.82, 2.24) is 5.32 Å². The normalized spacial score (nSPS) is 15.1. The molecule has 2 rings (SSSR count). The lowest BCUT2D eigenvalue weighted by Crippen LogP contribution is -2.31. The van der Waals surface area contributed by atoms with Crippen LogP contribution in [0.2, 0.25) is 5.02 Å². The summed E-state index contributed by atoms with van der Waals surface area (Å²) in [6.07, 6.45) is 0.805. The fourth-order valence-corrected chi connectivity index (χ4v) is 2.08. The number of hydrogen-bond acceptors (Lipinski definition) is 1. The number of benzene rings is 1. The molecule has 13 heavy (non-hydrogen) atoms. The van der Waals surface area contributed by atoms with Crippen LogP contribution in [0.3, 0.4) is 0 Å². The molecule has 1 heterocycles. The van der Waals surface area contributed by atoms with Crippen molar-refractivity contribution in [2.75, 3.05) is 6.54 Å². The molecule has 0 bridgehead atoms. The second-order valence-electron chi connectivity index (χ2n) is 2.89. The van der Waals surface area contributed by atoms with E-state index in [2.05, 4.69) is 21.2 Å². The highest BCUT2D eigenvalue weighted by molar-refractivity contribution is 9.10. The zero-order chi connectivity index (χ0) is 9.42. The Balaban J connectivity index is 2.63. The van der Waals surface area contributed by atoms with Gasteiger partial charge in [0.25, 0.3) is 5.91 Å². The number of fused-ring (bicyclic) bond motifs is 1. The molecule has 1 N–H and O–H groups in total. The lowest BCUT2D eigenvalue weighted by atomic mass is 10.0. The molecular weight excluding hydrogens is 253 g/mol. The molecule has 4 heteroatoms. The van der Waals surface area contributed by atoms with Crippen LogP contribution in [-0.2, 0) is 6.42 Å². The quantitative estimate of drug-likeness (QED) is 0.762. The van der Waals surface area contributed by atoms with Crippen molar-refractivity contribution in [3.8, 4) is 0 Å². The number of rotatable bonds is 0. The third-order valence-corrected chi connectivity index (χ3v) is 3.42. The highest BCUT2D eigenvalue weighted by Crippen LogP contribution is 2.30. The highest BCUT2D eigenvalue weighted by atomic mass is 79.9. The predicted octanol–water partition coefficient (Wildman–Crippen LogP) is 2.39. The summed E-state index contributed by atoms with van der Waals surface area (Å²) in [4.78, 5) is 11.4. The van der Waals surface area contributed by atoms with E-state index in [0.717, 1.165) is 16.5 Å². The van der Waals surface area contributed by atoms with E-state index in [1.165, 1.54) is 0 Å². The first kappa shape index (κ1) is 9.03. The Labute approximate surface area is 89.4 Å². The molecule has 0 saturated carbocycles. The van der Waals surface area contributed by atoms with Crippen LogP contribution in [0.25, 0.3) is 0 Å². The lowest BCUT2D eigenvalue weighted by molar-refractivity contribution is 0.0946. The third kappa shape index (κ3) is 1.46. The van der Waals surface area contributed by atoms with Crippen LogP contribution in [0, 0.1) is 0 Å². The Morgan fingerprint density at radius 2 is 2.23 bits per heavy atom. The molecule has 1 amide bonds. The molecule has 0 aromatic heterocycles. The Hall–Kier alpha value is -0.540. The van der Waals surface area contributed by atoms with Gasteiger partial charge < -0.3 is 5.32 Å². The maximum Gasteiger partial charge on any atom is 0.251 e. The number of halogens is 2. The Kier molecular flexibility index (Phi) is 2.30. The Morgan fingerprint density at radius 1 is 1.46 bits per heavy atom. The molecule has 0 radical (unpaired) electrons. The molecule has 68 valence electrons. The number of hydrogen-bond donors (Lipinski definition) is 1. The van der Waals surface area contributed by atoms with E-state index in [0.29, 0.717) is 17.1 Å². The van der Waals surface area contributed by atoms with E-state index in [4.69, 9.17) is 11.6 Å². The molecule has 1 aromatic rings. The summed E-state index contributed by atoms with van der Waals surface area (Å²) in [6, 6.07) is 3.59. The van der Waals surface area contributed by atoms with Gasteiger partial charge in [0.1, 0.15) is 0 Å². The van der Waals surface area contributed by atoms with E-state index in [9.17, 15) is 4.79 Å². The van der Waals surface area contributed by atoms with Crippen LogP contribution in [0.4, 0.5) is 0 Å². The zero-order valence-corrected chi connectivity index (χ0v) is 9.08. The van der Waals surface area contributed by atoms with Gasteiger partial charge >= 0.3 is 0 Å². The van der Waals surface area contributed by atoms with E-state index in [1.807, 2.05) is 0 Å². The van der Waals surface area contributed by atoms with Gasteiger partial charge in [-0.25, -0.2) is 0 Å². The summed E-state index contributed by atoms with van der Waals surface area (Å²) in [6.45, 7) is 0.669. The molecule has 0 unspecified atom stereocenters. The molecule has 0 spiro atoms. The molecule has 1 aliphatic rings. The summed E-state index contributed by atoms with van der Waals surface area (Å²) in [5.41, 5.74) is 1.64. The summed E-state index contributed by atoms with van der Waals surface area (Å²) in [5, 5.41) is 3.43. The topological polar surface area (TPSA) is 29.1 Å². The third-order valence-electron chi connectivity index (χ3n) is 2.10. The van der Waals surface area contributed by atoms with Crippen molar-refractivity contribution in [1.29, 1.82) is 0 Å². The van der Waals surface area contributed by atoms with E-state index in [1.54, 1.807) is 12.1 Å². The number of nitrogens with one attached hydrogen (secondary N) is 1. The monoisotopic (exact) mass is 259 g/mol. The average molecular weight is 261 g/mol. The van der Waals surface area contributed by atoms with Gasteiger partial charge in [0.2, 0.25) is 0 Å². The molecule has 0 aliphatic carbocycles. The lowest BCUT2D eigenvalue weighted by Gasteiger charge is -2.17. The van der Waals surface area contributed by atoms with Crippen molar-refractivity contribution in [3.05, 3.63) is 32.8 Å². The summed E-state index contributed by atoms with van der Waals surface area (Å²) < 4.78 is 0.850. The minimum atomic E-state index is -0.0318. The van der Waals surface area contributed by atoms with Crippen LogP contribution in [-0.4, -0.2) is 12.5 Å². The first-order valence-electron chi connectivity index (χ1n) is 3.95. The van der Waals surface area contributed by atoms with Crippen molar-refractivity contribution in [2.24, 2.45) is 0 Å². The van der Waals surface area contributed by atoms with Gasteiger partial charge in [0.05, 0.1) is 5.02 Å². The Bertz CT molecular complexity index is 378. The van der Waals surface area contributed by atoms with Gasteiger partial charge in [-0.3, -0.25) is 4.79 Å². The van der Waals surface area contributed by atoms with Crippen molar-refractivity contribution in [3.63, 3.8) is 0 Å². The van der Waals surface area contributed by atoms with Crippen molar-refractivity contribution < 1.29 is 4.79 Å². The first-order valence-corrected chi connectivity index (χ1v) is 5.12. The second-order valence-corrected chi connectivity index (χ2v) is 4.13. The van der Waals surface area contributed by atoms with Crippen LogP contribution in [0.1, 0.15) is 15.9 Å². The van der Waals surface area contributed by atoms with Crippen molar-refractivity contribution >= 4 is 33.4 Å². The van der Waals surface area contributed by atoms with Crippen LogP contribution >= 0.6 is 27.5 Å². The minimum Gasteiger partial charge on any atom is -0.352 e. The molecule has 0 fully saturated rings. The van der Waals surface area contributed by atoms with Gasteiger partial charge in [-0.1, -0.05) is 11.6 Å². The fraction of sp³-hybridized carbons (Fsp3) is 0.222. The van der Waals surface area contributed by atoms with Gasteiger partial charge in [-0.2, -0.15) is 0 Å². The SMILES string of the molecule is O=C1NCCc2c1ccc(Br)c2Cl. The van der Waals surface area contributed by atoms with Crippen LogP contribution in [0.15, 0.2) is 16.6 Å². The number of amides is 1. The summed E-state index contributed by atoms with van der Waals surface area (Å²) in [5.74, 6) is -0.0318. The van der Waals surface area contributed by atoms with E-state index >= 15 is 0 Å². The second kappa shape index (κ2) is 3.31. The molecular formula is C9H7BrClNO. The standard InChI is InChI=1S/C9H7BrClNO/c10-7-2-1-6-5(8(7)11)3-4-12-9(6)13/h1-2H,3-4H2,(H,12,13). The molecule has 2 nitrogen and oxygen atoms in total. The minimum absolute atomic E-state index is 0.0318. The smallest absolute Gasteiger partial charge is 0.251 e. The van der Waals surface area contributed by atoms with E-state index < -0.39 is 0 Å². The Morgan fingerprint density at radius 3 is 3.00 bits per heavy atom. The maximum absolute atomic E-state index is 11.4. The summed E-state index contributed by atoms with van der Waals surface area (Å²) >= 11 is 9.38. The van der Waals surface area contributed by atoms with Crippen LogP contribution in [0.5, 0.6) is 0 Å². The molecule has 0 atom stereocenters. The molecule has 1 aromatic carbocycles. The van der Waals surface area contributed by atoms with Crippen LogP contribution < -0.4 is 5.32 Å². The van der Waals surface area contributed by atoms with Gasteiger partial charge in [0.15, 0.2) is 0 Å². The largest absolute Gasteiger partial charge is 0.352 e. The highest BCUT2D eigenvalue weighted by Gasteiger charge is 2.19. The first-order chi connectivity index (χ1) is 6.20. The van der Waals surface area contributed by atoms with Gasteiger partial charge in [-0.15, -0.1) is 0 Å². The molecule has 1 aliphatic heterocycles. The van der Waals surface area contributed by atoms with Gasteiger partial charge in [0, 0.05) is 16.6 Å². The van der Waals surface area contributed by atoms with Gasteiger partial charge in [-0.05, 0) is 40.0 Å². The average Bonchev–Trinajstić information content (AvgIpc) is 2.12. The maximum atomic E-state index is 11.4. The predicted molar refractivity (Wildman–Crippen MR) is 55.2 cm³/mol. The van der Waals surface area contributed by atoms with E-state index in [-0.39, 0.29) is 5.91 Å².